The summed E-state index contributed by atoms with van der Waals surface area (Å²) in [7, 11) is -2.66. The first-order chi connectivity index (χ1) is 12.7. The maximum atomic E-state index is 3.96. The second-order valence-corrected chi connectivity index (χ2v) is 16.5. The lowest BCUT2D eigenvalue weighted by molar-refractivity contribution is 0.726. The van der Waals surface area contributed by atoms with Crippen LogP contribution in [0.5, 0.6) is 0 Å². The third kappa shape index (κ3) is 4.04. The number of para-hydroxylation sites is 1. The lowest BCUT2D eigenvalue weighted by Gasteiger charge is -2.39. The molecule has 1 nitrogen and oxygen atoms in total. The summed E-state index contributed by atoms with van der Waals surface area (Å²) in [6.45, 7) is 14.6. The van der Waals surface area contributed by atoms with Gasteiger partial charge in [-0.2, -0.15) is 0 Å². The fraction of sp³-hybridized carbons (Fsp3) is 0.333. The number of aryl methyl sites for hydroxylation is 1. The Hall–Kier alpha value is -1.85. The molecule has 0 amide bonds. The van der Waals surface area contributed by atoms with Gasteiger partial charge in [-0.25, -0.2) is 0 Å². The first kappa shape index (κ1) is 19.9. The van der Waals surface area contributed by atoms with Crippen molar-refractivity contribution in [1.82, 2.24) is 0 Å². The Morgan fingerprint density at radius 1 is 0.926 bits per heavy atom. The largest absolute Gasteiger partial charge is 0.404 e. The van der Waals surface area contributed by atoms with Crippen molar-refractivity contribution >= 4 is 27.9 Å². The molecule has 3 heteroatoms. The highest BCUT2D eigenvalue weighted by Crippen LogP contribution is 2.44. The van der Waals surface area contributed by atoms with Gasteiger partial charge in [0.1, 0.15) is 0 Å². The quantitative estimate of drug-likeness (QED) is 0.604. The molecule has 3 rings (SSSR count). The van der Waals surface area contributed by atoms with E-state index in [-0.39, 0.29) is 0 Å². The molecule has 2 aromatic rings. The summed E-state index contributed by atoms with van der Waals surface area (Å²) >= 11 is 0. The van der Waals surface area contributed by atoms with Crippen LogP contribution in [0.2, 0.25) is 18.1 Å². The lowest BCUT2D eigenvalue weighted by atomic mass is 10.2. The summed E-state index contributed by atoms with van der Waals surface area (Å²) in [6, 6.07) is 19.6. The van der Waals surface area contributed by atoms with Crippen molar-refractivity contribution in [3.05, 3.63) is 82.7 Å². The average Bonchev–Trinajstić information content (AvgIpc) is 3.10. The second kappa shape index (κ2) is 7.65. The minimum atomic E-state index is -1.59. The van der Waals surface area contributed by atoms with Gasteiger partial charge >= 0.3 is 0 Å². The maximum Gasteiger partial charge on any atom is 0.235 e. The smallest absolute Gasteiger partial charge is 0.235 e. The number of benzene rings is 2. The van der Waals surface area contributed by atoms with Crippen molar-refractivity contribution in [3.63, 3.8) is 0 Å². The van der Waals surface area contributed by atoms with Gasteiger partial charge in [-0.1, -0.05) is 98.9 Å². The summed E-state index contributed by atoms with van der Waals surface area (Å²) < 4.78 is 0. The molecule has 1 N–H and O–H groups in total. The van der Waals surface area contributed by atoms with Crippen LogP contribution in [0.15, 0.2) is 77.1 Å². The van der Waals surface area contributed by atoms with E-state index >= 15 is 0 Å². The number of rotatable bonds is 5. The second-order valence-electron chi connectivity index (χ2n) is 9.05. The molecule has 0 spiro atoms. The van der Waals surface area contributed by atoms with Gasteiger partial charge in [0.2, 0.25) is 8.96 Å². The number of nitrogens with one attached hydrogen (secondary N) is 1. The Morgan fingerprint density at radius 3 is 2.19 bits per heavy atom. The Bertz CT molecular complexity index is 857. The van der Waals surface area contributed by atoms with Gasteiger partial charge in [0.25, 0.3) is 0 Å². The molecule has 0 aromatic heterocycles. The molecular formula is C24H32NSi2. The van der Waals surface area contributed by atoms with E-state index in [1.165, 1.54) is 16.4 Å². The van der Waals surface area contributed by atoms with Gasteiger partial charge in [0.15, 0.2) is 0 Å². The van der Waals surface area contributed by atoms with Crippen molar-refractivity contribution in [2.45, 2.75) is 52.2 Å². The molecule has 1 aliphatic rings. The van der Waals surface area contributed by atoms with Crippen LogP contribution < -0.4 is 10.2 Å². The molecule has 2 aromatic carbocycles. The molecule has 0 saturated heterocycles. The first-order valence-electron chi connectivity index (χ1n) is 9.87. The zero-order valence-electron chi connectivity index (χ0n) is 17.6. The normalized spacial score (nSPS) is 14.9. The molecular weight excluding hydrogens is 358 g/mol. The number of hydrogen-bond donors (Lipinski definition) is 1. The van der Waals surface area contributed by atoms with Gasteiger partial charge in [0.05, 0.1) is 8.07 Å². The minimum Gasteiger partial charge on any atom is -0.404 e. The molecule has 0 saturated carbocycles. The van der Waals surface area contributed by atoms with Gasteiger partial charge in [-0.05, 0) is 41.3 Å². The highest BCUT2D eigenvalue weighted by atomic mass is 28.3. The number of hydrogen-bond acceptors (Lipinski definition) is 1. The molecule has 0 heterocycles. The molecule has 0 fully saturated rings. The van der Waals surface area contributed by atoms with Crippen LogP contribution in [0.3, 0.4) is 0 Å². The minimum absolute atomic E-state index is 0.341. The summed E-state index contributed by atoms with van der Waals surface area (Å²) in [4.78, 5) is 3.96. The summed E-state index contributed by atoms with van der Waals surface area (Å²) in [5.74, 6) is 0. The third-order valence-electron chi connectivity index (χ3n) is 6.24. The standard InChI is InChI=1S/C24H32NSi2/c1-19-13-10-11-16-21(19)26(25-20-14-8-7-9-15-20)22-17-12-18-23(22)27(5,6)24(2,3)4/h7-16,18,25H,17H2,1-6H3. The van der Waals surface area contributed by atoms with Gasteiger partial charge in [-0.3, -0.25) is 0 Å². The van der Waals surface area contributed by atoms with Gasteiger partial charge in [-0.15, -0.1) is 0 Å². The highest BCUT2D eigenvalue weighted by molar-refractivity contribution is 6.91. The Morgan fingerprint density at radius 2 is 1.56 bits per heavy atom. The molecule has 0 unspecified atom stereocenters. The molecule has 1 aliphatic carbocycles. The topological polar surface area (TPSA) is 12.0 Å². The van der Waals surface area contributed by atoms with Crippen molar-refractivity contribution in [2.24, 2.45) is 0 Å². The van der Waals surface area contributed by atoms with E-state index in [0.29, 0.717) is 5.04 Å². The Labute approximate surface area is 167 Å². The molecule has 0 bridgehead atoms. The SMILES string of the molecule is Cc1ccccc1[Si](Nc1ccccc1)C1=C([Si](C)(C)C(C)(C)C)C=CC1. The van der Waals surface area contributed by atoms with Gasteiger partial charge in [0, 0.05) is 5.69 Å². The zero-order chi connectivity index (χ0) is 19.7. The monoisotopic (exact) mass is 390 g/mol. The van der Waals surface area contributed by atoms with Crippen LogP contribution >= 0.6 is 0 Å². The molecule has 0 aliphatic heterocycles. The molecule has 0 atom stereocenters. The third-order valence-corrected chi connectivity index (χ3v) is 14.8. The van der Waals surface area contributed by atoms with Crippen LogP contribution in [-0.4, -0.2) is 17.0 Å². The predicted octanol–water partition coefficient (Wildman–Crippen LogP) is 6.15. The van der Waals surface area contributed by atoms with E-state index in [0.717, 1.165) is 6.42 Å². The first-order valence-corrected chi connectivity index (χ1v) is 14.4. The van der Waals surface area contributed by atoms with Crippen molar-refractivity contribution < 1.29 is 0 Å². The van der Waals surface area contributed by atoms with Crippen molar-refractivity contribution in [3.8, 4) is 0 Å². The zero-order valence-corrected chi connectivity index (χ0v) is 19.6. The molecule has 27 heavy (non-hydrogen) atoms. The van der Waals surface area contributed by atoms with Crippen LogP contribution in [0.1, 0.15) is 32.8 Å². The van der Waals surface area contributed by atoms with E-state index in [1.54, 1.807) is 10.4 Å². The molecule has 1 radical (unpaired) electrons. The highest BCUT2D eigenvalue weighted by Gasteiger charge is 2.41. The van der Waals surface area contributed by atoms with Gasteiger partial charge < -0.3 is 4.98 Å². The predicted molar refractivity (Wildman–Crippen MR) is 125 cm³/mol. The summed E-state index contributed by atoms with van der Waals surface area (Å²) in [5, 5.41) is 5.15. The van der Waals surface area contributed by atoms with Crippen molar-refractivity contribution in [1.29, 1.82) is 0 Å². The fourth-order valence-electron chi connectivity index (χ4n) is 3.56. The Kier molecular flexibility index (Phi) is 5.64. The Balaban J connectivity index is 2.13. The van der Waals surface area contributed by atoms with Crippen LogP contribution in [0, 0.1) is 6.92 Å². The van der Waals surface area contributed by atoms with E-state index < -0.39 is 17.0 Å². The van der Waals surface area contributed by atoms with E-state index in [9.17, 15) is 0 Å². The maximum absolute atomic E-state index is 3.96. The van der Waals surface area contributed by atoms with Crippen LogP contribution in [-0.2, 0) is 0 Å². The lowest BCUT2D eigenvalue weighted by Crippen LogP contribution is -2.46. The number of allylic oxidation sites excluding steroid dienone is 4. The number of anilines is 1. The molecule has 141 valence electrons. The van der Waals surface area contributed by atoms with Crippen LogP contribution in [0.25, 0.3) is 0 Å². The average molecular weight is 391 g/mol. The summed E-state index contributed by atoms with van der Waals surface area (Å²) in [6.07, 6.45) is 5.92. The van der Waals surface area contributed by atoms with Crippen LogP contribution in [0.4, 0.5) is 5.69 Å². The van der Waals surface area contributed by atoms with E-state index in [2.05, 4.69) is 113 Å². The summed E-state index contributed by atoms with van der Waals surface area (Å²) in [5.41, 5.74) is 2.62. The van der Waals surface area contributed by atoms with E-state index in [4.69, 9.17) is 0 Å². The fourth-order valence-corrected chi connectivity index (χ4v) is 9.55. The van der Waals surface area contributed by atoms with Crippen molar-refractivity contribution in [2.75, 3.05) is 4.98 Å². The van der Waals surface area contributed by atoms with E-state index in [1.807, 2.05) is 0 Å².